The Kier molecular flexibility index (Phi) is 24.8. The summed E-state index contributed by atoms with van der Waals surface area (Å²) >= 11 is 0. The average molecular weight is 136 g/mol. The van der Waals surface area contributed by atoms with E-state index in [2.05, 4.69) is 0 Å². The molecule has 0 aromatic rings. The number of hydrogen-bond donors (Lipinski definition) is 0. The van der Waals surface area contributed by atoms with Gasteiger partial charge >= 0.3 is 16.5 Å². The predicted octanol–water partition coefficient (Wildman–Crippen LogP) is -2.07. The maximum Gasteiger partial charge on any atom is 2.00 e. The number of carboxylic acids is 1. The quantitative estimate of drug-likeness (QED) is 0.358. The van der Waals surface area contributed by atoms with E-state index in [-0.39, 0.29) is 22.0 Å². The second kappa shape index (κ2) is 8.87. The predicted molar refractivity (Wildman–Crippen MR) is 14.3 cm³/mol. The molecule has 0 rings (SSSR count). The molecule has 0 fully saturated rings. The number of carbonyl (C=O) groups is 1. The van der Waals surface area contributed by atoms with E-state index in [0.717, 1.165) is 6.92 Å². The molecule has 0 aromatic carbocycles. The Morgan fingerprint density at radius 2 is 1.67 bits per heavy atom. The number of aliphatic carboxylic acids is 1. The molecule has 3 nitrogen and oxygen atoms in total. The van der Waals surface area contributed by atoms with Crippen molar-refractivity contribution >= 4 is 5.97 Å². The zero-order valence-corrected chi connectivity index (χ0v) is 4.12. The number of carbonyl (C=O) groups excluding carboxylic acids is 1. The Morgan fingerprint density at radius 1 is 1.67 bits per heavy atom. The van der Waals surface area contributed by atoms with Crippen LogP contribution in [0.3, 0.4) is 0 Å². The van der Waals surface area contributed by atoms with Crippen LogP contribution in [0, 0.1) is 0 Å². The number of carboxylic acid groups (broad SMARTS) is 1. The van der Waals surface area contributed by atoms with Gasteiger partial charge in [-0.15, -0.1) is 0 Å². The Bertz CT molecular complexity index is 31.8. The van der Waals surface area contributed by atoms with E-state index in [1.807, 2.05) is 0 Å². The van der Waals surface area contributed by atoms with E-state index < -0.39 is 5.97 Å². The van der Waals surface area contributed by atoms with Crippen LogP contribution < -0.4 is 5.11 Å². The van der Waals surface area contributed by atoms with Crippen molar-refractivity contribution in [1.82, 2.24) is 0 Å². The first kappa shape index (κ1) is 16.8. The van der Waals surface area contributed by atoms with E-state index >= 15 is 0 Å². The Hall–Kier alpha value is -0.0765. The molecular formula is C2H5NiO3+. The van der Waals surface area contributed by atoms with Gasteiger partial charge in [-0.2, -0.15) is 0 Å². The first-order valence-electron chi connectivity index (χ1n) is 0.908. The molecule has 0 aliphatic rings. The van der Waals surface area contributed by atoms with Gasteiger partial charge in [-0.25, -0.2) is 0 Å². The number of hydrogen-bond acceptors (Lipinski definition) is 2. The summed E-state index contributed by atoms with van der Waals surface area (Å²) in [7, 11) is 0. The SMILES string of the molecule is CC(=O)[O-].O.[Ni+2]. The topological polar surface area (TPSA) is 71.6 Å². The molecule has 0 saturated carbocycles. The maximum atomic E-state index is 8.89. The van der Waals surface area contributed by atoms with Crippen molar-refractivity contribution in [1.29, 1.82) is 0 Å². The standard InChI is InChI=1S/C2H4O2.Ni.H2O/c1-2(3)4;;/h1H3,(H,3,4);;1H2/q;+2;/p-1. The van der Waals surface area contributed by atoms with Crippen molar-refractivity contribution in [2.45, 2.75) is 6.92 Å². The van der Waals surface area contributed by atoms with Crippen LogP contribution in [-0.2, 0) is 21.3 Å². The molecule has 0 aliphatic carbocycles. The van der Waals surface area contributed by atoms with Gasteiger partial charge < -0.3 is 15.4 Å². The maximum absolute atomic E-state index is 8.89. The minimum Gasteiger partial charge on any atom is -0.550 e. The van der Waals surface area contributed by atoms with E-state index in [9.17, 15) is 0 Å². The van der Waals surface area contributed by atoms with Crippen molar-refractivity contribution in [3.05, 3.63) is 0 Å². The molecule has 2 N–H and O–H groups in total. The van der Waals surface area contributed by atoms with Crippen LogP contribution >= 0.6 is 0 Å². The summed E-state index contributed by atoms with van der Waals surface area (Å²) in [6.07, 6.45) is 0. The summed E-state index contributed by atoms with van der Waals surface area (Å²) in [4.78, 5) is 8.89. The summed E-state index contributed by atoms with van der Waals surface area (Å²) in [6.45, 7) is 0.972. The molecule has 40 valence electrons. The summed E-state index contributed by atoms with van der Waals surface area (Å²) in [5, 5.41) is 8.89. The molecule has 0 unspecified atom stereocenters. The second-order valence-corrected chi connectivity index (χ2v) is 0.492. The van der Waals surface area contributed by atoms with Crippen LogP contribution in [-0.4, -0.2) is 11.4 Å². The van der Waals surface area contributed by atoms with Crippen molar-refractivity contribution in [3.8, 4) is 0 Å². The van der Waals surface area contributed by atoms with Gasteiger partial charge in [-0.3, -0.25) is 0 Å². The molecule has 0 amide bonds. The summed E-state index contributed by atoms with van der Waals surface area (Å²) < 4.78 is 0. The van der Waals surface area contributed by atoms with Gasteiger partial charge in [-0.05, 0) is 6.92 Å². The number of rotatable bonds is 0. The molecule has 6 heavy (non-hydrogen) atoms. The molecule has 0 aliphatic heterocycles. The van der Waals surface area contributed by atoms with Gasteiger partial charge in [0.05, 0.1) is 0 Å². The first-order valence-corrected chi connectivity index (χ1v) is 0.908. The zero-order valence-electron chi connectivity index (χ0n) is 3.13. The van der Waals surface area contributed by atoms with Crippen LogP contribution in [0.5, 0.6) is 0 Å². The Labute approximate surface area is 45.6 Å². The van der Waals surface area contributed by atoms with E-state index in [4.69, 9.17) is 9.90 Å². The molecule has 4 heteroatoms. The molecule has 0 spiro atoms. The Balaban J connectivity index is -0.0000000450. The molecular weight excluding hydrogens is 131 g/mol. The van der Waals surface area contributed by atoms with Crippen molar-refractivity contribution < 1.29 is 31.9 Å². The van der Waals surface area contributed by atoms with Crippen LogP contribution in [0.15, 0.2) is 0 Å². The molecule has 0 bridgehead atoms. The van der Waals surface area contributed by atoms with Crippen LogP contribution in [0.1, 0.15) is 6.92 Å². The third kappa shape index (κ3) is 5730. The van der Waals surface area contributed by atoms with Crippen molar-refractivity contribution in [2.24, 2.45) is 0 Å². The third-order valence-electron chi connectivity index (χ3n) is 0. The fraction of sp³-hybridized carbons (Fsp3) is 0.500. The molecule has 0 radical (unpaired) electrons. The van der Waals surface area contributed by atoms with Crippen molar-refractivity contribution in [3.63, 3.8) is 0 Å². The largest absolute Gasteiger partial charge is 2.00 e. The first-order chi connectivity index (χ1) is 1.73. The molecule has 0 atom stereocenters. The average Bonchev–Trinajstić information content (AvgIpc) is 0.811. The molecule has 0 saturated heterocycles. The minimum absolute atomic E-state index is 0. The van der Waals surface area contributed by atoms with Gasteiger partial charge in [0.15, 0.2) is 0 Å². The van der Waals surface area contributed by atoms with Gasteiger partial charge in [0.2, 0.25) is 0 Å². The second-order valence-electron chi connectivity index (χ2n) is 0.492. The molecule has 0 heterocycles. The van der Waals surface area contributed by atoms with Gasteiger partial charge in [0.25, 0.3) is 0 Å². The summed E-state index contributed by atoms with van der Waals surface area (Å²) in [5.74, 6) is -1.08. The minimum atomic E-state index is -1.08. The van der Waals surface area contributed by atoms with E-state index in [1.54, 1.807) is 0 Å². The summed E-state index contributed by atoms with van der Waals surface area (Å²) in [5.41, 5.74) is 0. The third-order valence-corrected chi connectivity index (χ3v) is 0. The van der Waals surface area contributed by atoms with Crippen LogP contribution in [0.2, 0.25) is 0 Å². The fourth-order valence-electron chi connectivity index (χ4n) is 0. The normalized spacial score (nSPS) is 4.17. The van der Waals surface area contributed by atoms with Gasteiger partial charge in [0.1, 0.15) is 0 Å². The fourth-order valence-corrected chi connectivity index (χ4v) is 0. The molecule has 0 aromatic heterocycles. The van der Waals surface area contributed by atoms with Crippen LogP contribution in [0.4, 0.5) is 0 Å². The zero-order chi connectivity index (χ0) is 3.58. The van der Waals surface area contributed by atoms with Crippen molar-refractivity contribution in [2.75, 3.05) is 0 Å². The smallest absolute Gasteiger partial charge is 0.550 e. The van der Waals surface area contributed by atoms with E-state index in [0.29, 0.717) is 0 Å². The summed E-state index contributed by atoms with van der Waals surface area (Å²) in [6, 6.07) is 0. The van der Waals surface area contributed by atoms with Gasteiger partial charge in [0, 0.05) is 5.97 Å². The Morgan fingerprint density at radius 3 is 1.67 bits per heavy atom. The monoisotopic (exact) mass is 135 g/mol. The van der Waals surface area contributed by atoms with Gasteiger partial charge in [-0.1, -0.05) is 0 Å². The van der Waals surface area contributed by atoms with Crippen LogP contribution in [0.25, 0.3) is 0 Å². The van der Waals surface area contributed by atoms with E-state index in [1.165, 1.54) is 0 Å².